The van der Waals surface area contributed by atoms with Crippen molar-refractivity contribution in [3.05, 3.63) is 81.5 Å². The number of carbonyl (C=O) groups excluding carboxylic acids is 1. The molecule has 1 aromatic heterocycles. The van der Waals surface area contributed by atoms with Crippen LogP contribution < -0.4 is 19.7 Å². The molecule has 29 heavy (non-hydrogen) atoms. The van der Waals surface area contributed by atoms with Crippen molar-refractivity contribution in [1.29, 1.82) is 0 Å². The Hall–Kier alpha value is -2.83. The zero-order valence-electron chi connectivity index (χ0n) is 16.0. The molecule has 3 aromatic rings. The van der Waals surface area contributed by atoms with E-state index in [4.69, 9.17) is 9.47 Å². The lowest BCUT2D eigenvalue weighted by molar-refractivity contribution is -0.945. The second kappa shape index (κ2) is 7.89. The van der Waals surface area contributed by atoms with Gasteiger partial charge >= 0.3 is 0 Å². The van der Waals surface area contributed by atoms with Crippen molar-refractivity contribution in [2.24, 2.45) is 0 Å². The first-order valence-electron chi connectivity index (χ1n) is 9.90. The topological polar surface area (TPSA) is 52.0 Å². The van der Waals surface area contributed by atoms with E-state index in [0.717, 1.165) is 19.5 Å². The molecule has 0 bridgehead atoms. The van der Waals surface area contributed by atoms with Crippen LogP contribution in [0.25, 0.3) is 0 Å². The van der Waals surface area contributed by atoms with Gasteiger partial charge in [-0.2, -0.15) is 0 Å². The summed E-state index contributed by atoms with van der Waals surface area (Å²) in [5.41, 5.74) is 3.46. The van der Waals surface area contributed by atoms with Crippen molar-refractivity contribution in [3.8, 4) is 11.5 Å². The maximum atomic E-state index is 12.8. The number of quaternary nitrogens is 1. The van der Waals surface area contributed by atoms with Gasteiger partial charge in [0.05, 0.1) is 18.0 Å². The third kappa shape index (κ3) is 3.73. The Kier molecular flexibility index (Phi) is 4.96. The number of benzene rings is 2. The minimum atomic E-state index is -0.0818. The van der Waals surface area contributed by atoms with E-state index in [0.29, 0.717) is 23.6 Å². The van der Waals surface area contributed by atoms with Gasteiger partial charge in [-0.3, -0.25) is 4.79 Å². The Morgan fingerprint density at radius 3 is 2.79 bits per heavy atom. The van der Waals surface area contributed by atoms with Crippen LogP contribution in [0, 0.1) is 0 Å². The van der Waals surface area contributed by atoms with E-state index < -0.39 is 0 Å². The molecule has 0 spiro atoms. The van der Waals surface area contributed by atoms with Crippen LogP contribution in [-0.2, 0) is 13.0 Å². The quantitative estimate of drug-likeness (QED) is 0.684. The minimum absolute atomic E-state index is 0.0818. The standard InChI is InChI=1S/C23H22N2O3S/c26-23(17-7-8-20-21(12-17)28-15-27-20)24-13-19(22-6-3-11-29-22)25-10-9-16-4-1-2-5-18(16)14-25/h1-8,11-12,19H,9-10,13-15H2,(H,24,26)/p+1/t19-/m1/s1. The monoisotopic (exact) mass is 407 g/mol. The summed E-state index contributed by atoms with van der Waals surface area (Å²) in [6.07, 6.45) is 1.07. The molecule has 2 N–H and O–H groups in total. The van der Waals surface area contributed by atoms with Crippen LogP contribution in [-0.4, -0.2) is 25.8 Å². The van der Waals surface area contributed by atoms with E-state index in [2.05, 4.69) is 47.1 Å². The number of fused-ring (bicyclic) bond motifs is 2. The van der Waals surface area contributed by atoms with Gasteiger partial charge in [-0.25, -0.2) is 0 Å². The zero-order chi connectivity index (χ0) is 19.6. The molecule has 5 nitrogen and oxygen atoms in total. The number of rotatable bonds is 5. The van der Waals surface area contributed by atoms with E-state index in [9.17, 15) is 4.79 Å². The first kappa shape index (κ1) is 18.2. The highest BCUT2D eigenvalue weighted by Crippen LogP contribution is 2.32. The molecule has 0 saturated carbocycles. The lowest BCUT2D eigenvalue weighted by Gasteiger charge is -2.32. The normalized spacial score (nSPS) is 18.1. The Morgan fingerprint density at radius 1 is 1.07 bits per heavy atom. The number of thiophene rings is 1. The van der Waals surface area contributed by atoms with Crippen LogP contribution >= 0.6 is 11.3 Å². The van der Waals surface area contributed by atoms with E-state index in [-0.39, 0.29) is 18.7 Å². The van der Waals surface area contributed by atoms with Crippen LogP contribution in [0.5, 0.6) is 11.5 Å². The summed E-state index contributed by atoms with van der Waals surface area (Å²) >= 11 is 1.76. The lowest BCUT2D eigenvalue weighted by atomic mass is 9.98. The molecular formula is C23H23N2O3S+. The molecule has 6 heteroatoms. The van der Waals surface area contributed by atoms with Crippen LogP contribution in [0.1, 0.15) is 32.4 Å². The Morgan fingerprint density at radius 2 is 1.93 bits per heavy atom. The van der Waals surface area contributed by atoms with Gasteiger partial charge in [0.15, 0.2) is 11.5 Å². The fraction of sp³-hybridized carbons (Fsp3) is 0.261. The van der Waals surface area contributed by atoms with E-state index in [1.807, 2.05) is 0 Å². The molecule has 1 unspecified atom stereocenters. The summed E-state index contributed by atoms with van der Waals surface area (Å²) in [6.45, 7) is 2.87. The maximum Gasteiger partial charge on any atom is 0.251 e. The molecule has 5 rings (SSSR count). The van der Waals surface area contributed by atoms with Crippen molar-refractivity contribution in [2.75, 3.05) is 19.9 Å². The average Bonchev–Trinajstić information content (AvgIpc) is 3.45. The van der Waals surface area contributed by atoms with Crippen molar-refractivity contribution < 1.29 is 19.2 Å². The number of ether oxygens (including phenoxy) is 2. The largest absolute Gasteiger partial charge is 0.454 e. The predicted octanol–water partition coefficient (Wildman–Crippen LogP) is 2.59. The molecule has 3 heterocycles. The van der Waals surface area contributed by atoms with Crippen LogP contribution in [0.4, 0.5) is 0 Å². The van der Waals surface area contributed by atoms with E-state index >= 15 is 0 Å². The smallest absolute Gasteiger partial charge is 0.251 e. The van der Waals surface area contributed by atoms with Crippen molar-refractivity contribution in [1.82, 2.24) is 5.32 Å². The Labute approximate surface area is 173 Å². The zero-order valence-corrected chi connectivity index (χ0v) is 16.8. The number of hydrogen-bond acceptors (Lipinski definition) is 4. The SMILES string of the molecule is O=C(NC[C@H](c1cccs1)[NH+]1CCc2ccccc2C1)c1ccc2c(c1)OCO2. The molecule has 2 aliphatic rings. The third-order valence-electron chi connectivity index (χ3n) is 5.73. The Balaban J connectivity index is 1.32. The Bertz CT molecular complexity index is 1020. The fourth-order valence-corrected chi connectivity index (χ4v) is 5.06. The van der Waals surface area contributed by atoms with Gasteiger partial charge in [0, 0.05) is 17.5 Å². The molecular weight excluding hydrogens is 384 g/mol. The van der Waals surface area contributed by atoms with Gasteiger partial charge in [-0.15, -0.1) is 11.3 Å². The summed E-state index contributed by atoms with van der Waals surface area (Å²) in [7, 11) is 0. The van der Waals surface area contributed by atoms with Crippen LogP contribution in [0.3, 0.4) is 0 Å². The van der Waals surface area contributed by atoms with Gasteiger partial charge < -0.3 is 19.7 Å². The molecule has 0 fully saturated rings. The van der Waals surface area contributed by atoms with Gasteiger partial charge in [-0.05, 0) is 35.2 Å². The van der Waals surface area contributed by atoms with Crippen LogP contribution in [0.15, 0.2) is 60.0 Å². The fourth-order valence-electron chi connectivity index (χ4n) is 4.17. The molecule has 2 atom stereocenters. The van der Waals surface area contributed by atoms with Crippen LogP contribution in [0.2, 0.25) is 0 Å². The van der Waals surface area contributed by atoms with Gasteiger partial charge in [0.2, 0.25) is 6.79 Å². The maximum absolute atomic E-state index is 12.8. The molecule has 0 aliphatic carbocycles. The van der Waals surface area contributed by atoms with Crippen molar-refractivity contribution >= 4 is 17.2 Å². The first-order valence-corrected chi connectivity index (χ1v) is 10.8. The van der Waals surface area contributed by atoms with Crippen molar-refractivity contribution in [2.45, 2.75) is 19.0 Å². The third-order valence-corrected chi connectivity index (χ3v) is 6.72. The average molecular weight is 408 g/mol. The first-order chi connectivity index (χ1) is 14.3. The molecule has 2 aliphatic heterocycles. The molecule has 148 valence electrons. The molecule has 1 amide bonds. The summed E-state index contributed by atoms with van der Waals surface area (Å²) in [4.78, 5) is 15.6. The van der Waals surface area contributed by atoms with E-state index in [1.54, 1.807) is 29.5 Å². The highest BCUT2D eigenvalue weighted by Gasteiger charge is 2.29. The minimum Gasteiger partial charge on any atom is -0.454 e. The summed E-state index contributed by atoms with van der Waals surface area (Å²) in [5.74, 6) is 1.24. The van der Waals surface area contributed by atoms with Crippen molar-refractivity contribution in [3.63, 3.8) is 0 Å². The molecule has 2 aromatic carbocycles. The highest BCUT2D eigenvalue weighted by molar-refractivity contribution is 7.10. The summed E-state index contributed by atoms with van der Waals surface area (Å²) in [6, 6.07) is 18.5. The second-order valence-electron chi connectivity index (χ2n) is 7.45. The predicted molar refractivity (Wildman–Crippen MR) is 112 cm³/mol. The lowest BCUT2D eigenvalue weighted by Crippen LogP contribution is -3.12. The highest BCUT2D eigenvalue weighted by atomic mass is 32.1. The summed E-state index contributed by atoms with van der Waals surface area (Å²) in [5, 5.41) is 5.26. The van der Waals surface area contributed by atoms with Gasteiger partial charge in [0.1, 0.15) is 12.6 Å². The van der Waals surface area contributed by atoms with E-state index in [1.165, 1.54) is 20.9 Å². The number of carbonyl (C=O) groups is 1. The number of nitrogens with one attached hydrogen (secondary N) is 2. The van der Waals surface area contributed by atoms with Gasteiger partial charge in [0.25, 0.3) is 5.91 Å². The molecule has 0 radical (unpaired) electrons. The molecule has 0 saturated heterocycles. The number of hydrogen-bond donors (Lipinski definition) is 2. The second-order valence-corrected chi connectivity index (χ2v) is 8.43. The number of amides is 1. The van der Waals surface area contributed by atoms with Gasteiger partial charge in [-0.1, -0.05) is 30.3 Å². The summed E-state index contributed by atoms with van der Waals surface area (Å²) < 4.78 is 10.7.